The van der Waals surface area contributed by atoms with Gasteiger partial charge >= 0.3 is 11.9 Å². The Morgan fingerprint density at radius 1 is 0.889 bits per heavy atom. The molecule has 5 atom stereocenters. The summed E-state index contributed by atoms with van der Waals surface area (Å²) in [6.07, 6.45) is -1.57. The minimum absolute atomic E-state index is 0.0170. The number of aryl methyl sites for hydroxylation is 1. The molecule has 6 rings (SSSR count). The Hall–Kier alpha value is -7.10. The molecule has 0 spiro atoms. The first-order chi connectivity index (χ1) is 39.0. The number of hydrogen-bond acceptors (Lipinski definition) is 20. The fourth-order valence-corrected chi connectivity index (χ4v) is 9.25. The van der Waals surface area contributed by atoms with E-state index in [1.165, 1.54) is 7.11 Å². The minimum atomic E-state index is -1.96. The number of nitrogens with zero attached hydrogens (tertiary/aromatic N) is 5. The van der Waals surface area contributed by atoms with Gasteiger partial charge in [-0.1, -0.05) is 44.9 Å². The number of methoxy groups -OCH3 is 1. The Bertz CT molecular complexity index is 2910. The maximum absolute atomic E-state index is 13.9. The van der Waals surface area contributed by atoms with Gasteiger partial charge in [-0.05, 0) is 85.6 Å². The van der Waals surface area contributed by atoms with Gasteiger partial charge in [0.2, 0.25) is 23.8 Å². The molecule has 2 aromatic carbocycles. The van der Waals surface area contributed by atoms with Crippen LogP contribution in [0.5, 0.6) is 5.75 Å². The van der Waals surface area contributed by atoms with Crippen LogP contribution in [-0.4, -0.2) is 154 Å². The zero-order chi connectivity index (χ0) is 58.5. The van der Waals surface area contributed by atoms with Crippen LogP contribution in [0.2, 0.25) is 0 Å². The number of hydrogen-bond donors (Lipinski definition) is 7. The van der Waals surface area contributed by atoms with Crippen molar-refractivity contribution >= 4 is 46.3 Å². The SMILES string of the molecule is CCc1c2c(nc3ccc(OC(C(=O)OC)c4ccc(NC(=O)[C@H](CCCNC(N)O)NC(=O)[C@@H](NC(=O)CCOCCOCCOCCOCCOCCN=[N+]=[N-])C(C)C)cc4)cc13)-c1cc3c(c(=O)n1C2)COC(=O)[C@]3(O)CC. The lowest BCUT2D eigenvalue weighted by Crippen LogP contribution is -2.54. The number of anilines is 1. The summed E-state index contributed by atoms with van der Waals surface area (Å²) in [4.78, 5) is 88.2. The molecule has 2 aliphatic rings. The Labute approximate surface area is 468 Å². The Kier molecular flexibility index (Phi) is 24.3. The Morgan fingerprint density at radius 2 is 1.54 bits per heavy atom. The van der Waals surface area contributed by atoms with Crippen LogP contribution in [0.3, 0.4) is 0 Å². The summed E-state index contributed by atoms with van der Waals surface area (Å²) in [5, 5.41) is 36.0. The number of carbonyl (C=O) groups excluding carboxylic acids is 5. The van der Waals surface area contributed by atoms with Crippen molar-refractivity contribution in [3.05, 3.63) is 97.1 Å². The van der Waals surface area contributed by atoms with Crippen LogP contribution < -0.4 is 37.3 Å². The van der Waals surface area contributed by atoms with Crippen LogP contribution in [0.15, 0.2) is 58.4 Å². The number of aliphatic hydroxyl groups is 2. The number of nitrogens with two attached hydrogens (primary N) is 1. The molecule has 0 fully saturated rings. The molecule has 81 heavy (non-hydrogen) atoms. The highest BCUT2D eigenvalue weighted by Crippen LogP contribution is 2.41. The largest absolute Gasteiger partial charge is 0.474 e. The molecule has 8 N–H and O–H groups in total. The smallest absolute Gasteiger partial charge is 0.351 e. The second-order valence-electron chi connectivity index (χ2n) is 19.3. The molecule has 2 aliphatic heterocycles. The van der Waals surface area contributed by atoms with E-state index < -0.39 is 59.8 Å². The van der Waals surface area contributed by atoms with E-state index in [1.54, 1.807) is 73.9 Å². The maximum atomic E-state index is 13.9. The summed E-state index contributed by atoms with van der Waals surface area (Å²) in [5.41, 5.74) is 15.8. The highest BCUT2D eigenvalue weighted by atomic mass is 16.6. The zero-order valence-corrected chi connectivity index (χ0v) is 46.4. The van der Waals surface area contributed by atoms with E-state index in [0.717, 1.165) is 16.5 Å². The summed E-state index contributed by atoms with van der Waals surface area (Å²) in [7, 11) is 1.23. The number of carbonyl (C=O) groups is 5. The second-order valence-corrected chi connectivity index (χ2v) is 19.3. The van der Waals surface area contributed by atoms with Crippen molar-refractivity contribution in [2.24, 2.45) is 16.8 Å². The first-order valence-corrected chi connectivity index (χ1v) is 27.0. The summed E-state index contributed by atoms with van der Waals surface area (Å²) in [5.74, 6) is -3.15. The van der Waals surface area contributed by atoms with Crippen molar-refractivity contribution in [2.45, 2.75) is 103 Å². The van der Waals surface area contributed by atoms with E-state index in [0.29, 0.717) is 93.0 Å². The molecular formula is C55H74N10O16. The standard InChI is InChI=1S/C55H74N10O16/c1-6-37-38-29-36(14-15-42(38)61-47-39(37)31-65-44(47)30-41-40(51(65)69)32-80-53(71)55(41,73)7-2)81-48(52(70)74-5)34-10-12-35(13-11-34)60-49(67)43(9-8-17-58-54(56)72)62-50(68)46(33(3)4)63-45(66)16-19-75-21-23-77-25-27-79-28-26-78-24-22-76-20-18-59-64-57/h10-15,29-30,33,43,46,48,54,58,72-73H,6-9,16-28,31-32,56H2,1-5H3,(H,60,67)(H,62,68)(H,63,66)/t43-,46-,48?,54?,55-/m0/s1. The molecule has 4 aromatic rings. The van der Waals surface area contributed by atoms with Crippen LogP contribution >= 0.6 is 0 Å². The lowest BCUT2D eigenvalue weighted by molar-refractivity contribution is -0.172. The predicted molar refractivity (Wildman–Crippen MR) is 293 cm³/mol. The second kappa shape index (κ2) is 31.2. The molecule has 3 amide bonds. The fraction of sp³-hybridized carbons (Fsp3) is 0.545. The van der Waals surface area contributed by atoms with Gasteiger partial charge in [0.25, 0.3) is 5.56 Å². The topological polar surface area (TPSA) is 357 Å². The number of nitrogens with one attached hydrogen (secondary N) is 4. The van der Waals surface area contributed by atoms with E-state index in [9.17, 15) is 39.0 Å². The number of pyridine rings is 2. The van der Waals surface area contributed by atoms with Gasteiger partial charge in [-0.25, -0.2) is 14.6 Å². The van der Waals surface area contributed by atoms with E-state index in [2.05, 4.69) is 31.3 Å². The van der Waals surface area contributed by atoms with E-state index in [4.69, 9.17) is 54.1 Å². The normalized spacial score (nSPS) is 15.8. The first kappa shape index (κ1) is 63.1. The lowest BCUT2D eigenvalue weighted by Gasteiger charge is -2.31. The quantitative estimate of drug-likeness (QED) is 0.00766. The number of cyclic esters (lactones) is 1. The van der Waals surface area contributed by atoms with Gasteiger partial charge in [-0.2, -0.15) is 0 Å². The molecule has 2 aromatic heterocycles. The van der Waals surface area contributed by atoms with Crippen molar-refractivity contribution in [1.82, 2.24) is 25.5 Å². The number of ether oxygens (including phenoxy) is 8. The number of aromatic nitrogens is 2. The van der Waals surface area contributed by atoms with Crippen LogP contribution in [0.4, 0.5) is 5.69 Å². The van der Waals surface area contributed by atoms with Crippen molar-refractivity contribution in [1.29, 1.82) is 0 Å². The van der Waals surface area contributed by atoms with Gasteiger partial charge in [0.1, 0.15) is 24.4 Å². The molecular weight excluding hydrogens is 1060 g/mol. The van der Waals surface area contributed by atoms with Gasteiger partial charge in [-0.15, -0.1) is 0 Å². The lowest BCUT2D eigenvalue weighted by atomic mass is 9.86. The average molecular weight is 1130 g/mol. The van der Waals surface area contributed by atoms with Gasteiger partial charge in [0, 0.05) is 45.6 Å². The average Bonchev–Trinajstić information content (AvgIpc) is 3.89. The third-order valence-electron chi connectivity index (χ3n) is 13.6. The molecule has 0 saturated carbocycles. The highest BCUT2D eigenvalue weighted by molar-refractivity contribution is 5.98. The summed E-state index contributed by atoms with van der Waals surface area (Å²) in [6.45, 7) is 10.7. The van der Waals surface area contributed by atoms with Crippen molar-refractivity contribution in [3.8, 4) is 17.1 Å². The highest BCUT2D eigenvalue weighted by Gasteiger charge is 2.45. The van der Waals surface area contributed by atoms with E-state index in [1.807, 2.05) is 6.92 Å². The molecule has 0 saturated heterocycles. The minimum Gasteiger partial charge on any atom is -0.474 e. The predicted octanol–water partition coefficient (Wildman–Crippen LogP) is 2.89. The van der Waals surface area contributed by atoms with Crippen molar-refractivity contribution < 1.29 is 72.1 Å². The molecule has 2 unspecified atom stereocenters. The number of esters is 2. The molecule has 26 nitrogen and oxygen atoms in total. The number of fused-ring (bicyclic) bond motifs is 5. The van der Waals surface area contributed by atoms with Crippen LogP contribution in [0, 0.1) is 5.92 Å². The number of azide groups is 1. The van der Waals surface area contributed by atoms with Gasteiger partial charge < -0.3 is 68.6 Å². The number of aliphatic hydroxyl groups excluding tert-OH is 1. The summed E-state index contributed by atoms with van der Waals surface area (Å²) < 4.78 is 45.4. The van der Waals surface area contributed by atoms with E-state index in [-0.39, 0.29) is 87.9 Å². The summed E-state index contributed by atoms with van der Waals surface area (Å²) >= 11 is 0. The third kappa shape index (κ3) is 17.0. The molecule has 4 heterocycles. The van der Waals surface area contributed by atoms with Crippen LogP contribution in [-0.2, 0) is 82.3 Å². The monoisotopic (exact) mass is 1130 g/mol. The van der Waals surface area contributed by atoms with Gasteiger partial charge in [0.15, 0.2) is 12.0 Å². The number of benzene rings is 2. The molecule has 26 heteroatoms. The molecule has 440 valence electrons. The maximum Gasteiger partial charge on any atom is 0.351 e. The Balaban J connectivity index is 1.03. The molecule has 0 radical (unpaired) electrons. The van der Waals surface area contributed by atoms with Crippen molar-refractivity contribution in [3.63, 3.8) is 0 Å². The molecule has 0 bridgehead atoms. The number of rotatable bonds is 35. The van der Waals surface area contributed by atoms with Crippen LogP contribution in [0.25, 0.3) is 32.7 Å². The third-order valence-corrected chi connectivity index (χ3v) is 13.6. The number of amides is 3. The van der Waals surface area contributed by atoms with Crippen molar-refractivity contribution in [2.75, 3.05) is 91.6 Å². The molecule has 0 aliphatic carbocycles. The Morgan fingerprint density at radius 3 is 2.15 bits per heavy atom. The summed E-state index contributed by atoms with van der Waals surface area (Å²) in [6, 6.07) is 11.1. The van der Waals surface area contributed by atoms with E-state index >= 15 is 0 Å². The fourth-order valence-electron chi connectivity index (χ4n) is 9.25. The zero-order valence-electron chi connectivity index (χ0n) is 46.4. The van der Waals surface area contributed by atoms with Gasteiger partial charge in [0.05, 0.1) is 102 Å². The van der Waals surface area contributed by atoms with Crippen LogP contribution in [0.1, 0.15) is 87.3 Å². The van der Waals surface area contributed by atoms with Gasteiger partial charge in [-0.3, -0.25) is 30.2 Å². The first-order valence-electron chi connectivity index (χ1n) is 27.0.